The Kier molecular flexibility index (Phi) is 7.00. The Morgan fingerprint density at radius 1 is 1.24 bits per heavy atom. The number of carbonyl (C=O) groups excluding carboxylic acids is 2. The molecule has 1 aromatic rings. The van der Waals surface area contributed by atoms with E-state index in [-0.39, 0.29) is 40.6 Å². The summed E-state index contributed by atoms with van der Waals surface area (Å²) >= 11 is 4.82. The number of hydrogen-bond acceptors (Lipinski definition) is 3. The van der Waals surface area contributed by atoms with E-state index in [1.807, 2.05) is 37.3 Å². The standard InChI is InChI=1S/C15H18N2O2S.Na/c1-2-3-9-15(10-11-7-5-4-6-8-11)12(18)16-14(20)17-13(15)19;/h4-8H,2-3,9-10H2,1H3,(H2,16,17,18,19,20);/q;+1/p-1. The number of nitrogens with zero attached hydrogens (tertiary/aromatic N) is 1. The van der Waals surface area contributed by atoms with E-state index in [1.54, 1.807) is 0 Å². The van der Waals surface area contributed by atoms with Crippen molar-refractivity contribution in [3.63, 3.8) is 0 Å². The fraction of sp³-hybridized carbons (Fsp3) is 0.400. The Morgan fingerprint density at radius 2 is 1.90 bits per heavy atom. The molecule has 0 spiro atoms. The van der Waals surface area contributed by atoms with Crippen molar-refractivity contribution in [3.05, 3.63) is 35.9 Å². The summed E-state index contributed by atoms with van der Waals surface area (Å²) < 4.78 is 0. The molecule has 2 rings (SSSR count). The fourth-order valence-electron chi connectivity index (χ4n) is 2.43. The number of hydrogen-bond donors (Lipinski definition) is 1. The van der Waals surface area contributed by atoms with Crippen molar-refractivity contribution < 1.29 is 39.1 Å². The Balaban J connectivity index is 0.00000220. The minimum absolute atomic E-state index is 0. The molecule has 4 nitrogen and oxygen atoms in total. The van der Waals surface area contributed by atoms with Crippen LogP contribution in [0.2, 0.25) is 0 Å². The van der Waals surface area contributed by atoms with Crippen LogP contribution in [-0.4, -0.2) is 17.0 Å². The van der Waals surface area contributed by atoms with Gasteiger partial charge in [0.2, 0.25) is 5.91 Å². The Labute approximate surface area is 152 Å². The van der Waals surface area contributed by atoms with Gasteiger partial charge in [-0.05, 0) is 23.6 Å². The summed E-state index contributed by atoms with van der Waals surface area (Å²) in [4.78, 5) is 28.5. The van der Waals surface area contributed by atoms with Gasteiger partial charge in [-0.2, -0.15) is 0 Å². The van der Waals surface area contributed by atoms with Crippen molar-refractivity contribution in [2.24, 2.45) is 10.4 Å². The van der Waals surface area contributed by atoms with Crippen molar-refractivity contribution in [2.75, 3.05) is 0 Å². The SMILES string of the molecule is CCCCC1(Cc2ccccc2)C(=O)N=C([S-])NC1=O.[Na+]. The van der Waals surface area contributed by atoms with Crippen LogP contribution in [-0.2, 0) is 28.6 Å². The van der Waals surface area contributed by atoms with E-state index in [0.717, 1.165) is 18.4 Å². The third kappa shape index (κ3) is 4.13. The fourth-order valence-corrected chi connectivity index (χ4v) is 2.60. The first kappa shape index (κ1) is 18.3. The van der Waals surface area contributed by atoms with Gasteiger partial charge in [0.05, 0.1) is 0 Å². The second kappa shape index (κ2) is 8.03. The molecule has 1 atom stereocenters. The zero-order valence-electron chi connectivity index (χ0n) is 12.4. The summed E-state index contributed by atoms with van der Waals surface area (Å²) in [7, 11) is 0. The average Bonchev–Trinajstić information content (AvgIpc) is 2.42. The molecule has 1 aliphatic heterocycles. The molecular weight excluding hydrogens is 295 g/mol. The summed E-state index contributed by atoms with van der Waals surface area (Å²) in [5, 5.41) is 2.51. The van der Waals surface area contributed by atoms with Crippen LogP contribution in [0.3, 0.4) is 0 Å². The molecule has 0 radical (unpaired) electrons. The van der Waals surface area contributed by atoms with E-state index in [4.69, 9.17) is 12.6 Å². The quantitative estimate of drug-likeness (QED) is 0.430. The van der Waals surface area contributed by atoms with Gasteiger partial charge in [0, 0.05) is 0 Å². The molecule has 1 aromatic carbocycles. The Hall–Kier alpha value is -0.750. The summed E-state index contributed by atoms with van der Waals surface area (Å²) in [6, 6.07) is 9.54. The van der Waals surface area contributed by atoms with Crippen LogP contribution in [0.15, 0.2) is 35.3 Å². The van der Waals surface area contributed by atoms with Gasteiger partial charge in [-0.1, -0.05) is 50.1 Å². The summed E-state index contributed by atoms with van der Waals surface area (Å²) in [5.41, 5.74) is -0.158. The van der Waals surface area contributed by atoms with Crippen LogP contribution in [0.4, 0.5) is 0 Å². The van der Waals surface area contributed by atoms with Gasteiger partial charge in [0.25, 0.3) is 5.91 Å². The van der Waals surface area contributed by atoms with Crippen LogP contribution >= 0.6 is 0 Å². The number of carbonyl (C=O) groups is 2. The van der Waals surface area contributed by atoms with Gasteiger partial charge in [-0.3, -0.25) is 9.59 Å². The van der Waals surface area contributed by atoms with Gasteiger partial charge in [0.15, 0.2) is 0 Å². The number of unbranched alkanes of at least 4 members (excludes halogenated alkanes) is 1. The van der Waals surface area contributed by atoms with Gasteiger partial charge >= 0.3 is 29.6 Å². The molecule has 1 heterocycles. The molecule has 1 N–H and O–H groups in total. The number of aliphatic imine (C=N–C) groups is 1. The maximum absolute atomic E-state index is 12.4. The van der Waals surface area contributed by atoms with Gasteiger partial charge in [0.1, 0.15) is 5.41 Å². The van der Waals surface area contributed by atoms with Crippen molar-refractivity contribution in [2.45, 2.75) is 32.6 Å². The van der Waals surface area contributed by atoms with E-state index in [0.29, 0.717) is 12.8 Å². The van der Waals surface area contributed by atoms with Crippen LogP contribution in [0.1, 0.15) is 31.7 Å². The summed E-state index contributed by atoms with van der Waals surface area (Å²) in [6.45, 7) is 2.03. The minimum Gasteiger partial charge on any atom is -0.742 e. The normalized spacial score (nSPS) is 21.3. The molecule has 106 valence electrons. The second-order valence-corrected chi connectivity index (χ2v) is 5.41. The first-order valence-corrected chi connectivity index (χ1v) is 7.15. The van der Waals surface area contributed by atoms with Crippen LogP contribution < -0.4 is 34.9 Å². The number of benzene rings is 1. The molecule has 2 amide bonds. The van der Waals surface area contributed by atoms with Gasteiger partial charge < -0.3 is 17.9 Å². The molecule has 21 heavy (non-hydrogen) atoms. The zero-order chi connectivity index (χ0) is 14.6. The molecule has 0 aliphatic carbocycles. The van der Waals surface area contributed by atoms with E-state index >= 15 is 0 Å². The third-order valence-corrected chi connectivity index (χ3v) is 3.77. The number of amides is 2. The first-order chi connectivity index (χ1) is 9.58. The van der Waals surface area contributed by atoms with Gasteiger partial charge in [-0.15, -0.1) is 0 Å². The molecule has 0 saturated heterocycles. The molecule has 0 saturated carbocycles. The van der Waals surface area contributed by atoms with Crippen LogP contribution in [0, 0.1) is 5.41 Å². The molecule has 1 aliphatic rings. The Bertz CT molecular complexity index is 548. The molecule has 6 heteroatoms. The number of amidine groups is 1. The molecule has 0 aromatic heterocycles. The third-order valence-electron chi connectivity index (χ3n) is 3.57. The largest absolute Gasteiger partial charge is 1.00 e. The van der Waals surface area contributed by atoms with Crippen molar-refractivity contribution in [1.82, 2.24) is 5.32 Å². The molecular formula is C15H17N2NaO2S. The first-order valence-electron chi connectivity index (χ1n) is 6.74. The van der Waals surface area contributed by atoms with Crippen LogP contribution in [0.25, 0.3) is 0 Å². The molecule has 0 bridgehead atoms. The molecule has 0 fully saturated rings. The topological polar surface area (TPSA) is 58.5 Å². The van der Waals surface area contributed by atoms with Crippen molar-refractivity contribution >= 4 is 29.6 Å². The predicted octanol–water partition coefficient (Wildman–Crippen LogP) is -1.03. The average molecular weight is 312 g/mol. The maximum Gasteiger partial charge on any atom is 1.00 e. The monoisotopic (exact) mass is 312 g/mol. The maximum atomic E-state index is 12.4. The minimum atomic E-state index is -1.11. The smallest absolute Gasteiger partial charge is 0.742 e. The summed E-state index contributed by atoms with van der Waals surface area (Å²) in [6.07, 6.45) is 2.58. The van der Waals surface area contributed by atoms with E-state index in [2.05, 4.69) is 10.3 Å². The zero-order valence-corrected chi connectivity index (χ0v) is 15.2. The summed E-state index contributed by atoms with van der Waals surface area (Å²) in [5.74, 6) is -0.733. The number of rotatable bonds is 5. The van der Waals surface area contributed by atoms with E-state index in [9.17, 15) is 9.59 Å². The Morgan fingerprint density at radius 3 is 2.48 bits per heavy atom. The van der Waals surface area contributed by atoms with Crippen molar-refractivity contribution in [1.29, 1.82) is 0 Å². The number of nitrogens with one attached hydrogen (secondary N) is 1. The van der Waals surface area contributed by atoms with E-state index in [1.165, 1.54) is 0 Å². The van der Waals surface area contributed by atoms with Crippen LogP contribution in [0.5, 0.6) is 0 Å². The van der Waals surface area contributed by atoms with Gasteiger partial charge in [-0.25, -0.2) is 4.99 Å². The van der Waals surface area contributed by atoms with Crippen molar-refractivity contribution in [3.8, 4) is 0 Å². The predicted molar refractivity (Wildman–Crippen MR) is 80.1 cm³/mol. The van der Waals surface area contributed by atoms with E-state index < -0.39 is 11.3 Å². The second-order valence-electron chi connectivity index (χ2n) is 5.02. The molecule has 1 unspecified atom stereocenters.